The molecule has 0 radical (unpaired) electrons. The first-order valence-electron chi connectivity index (χ1n) is 10.1. The zero-order valence-electron chi connectivity index (χ0n) is 17.1. The summed E-state index contributed by atoms with van der Waals surface area (Å²) < 4.78 is 26.8. The molecular weight excluding hydrogens is 396 g/mol. The molecule has 2 heterocycles. The van der Waals surface area contributed by atoms with Gasteiger partial charge in [0.15, 0.2) is 11.1 Å². The van der Waals surface area contributed by atoms with Crippen molar-refractivity contribution >= 4 is 26.7 Å². The van der Waals surface area contributed by atoms with E-state index in [2.05, 4.69) is 16.8 Å². The third-order valence-corrected chi connectivity index (χ3v) is 7.57. The zero-order chi connectivity index (χ0) is 21.3. The fourth-order valence-electron chi connectivity index (χ4n) is 3.77. The lowest BCUT2D eigenvalue weighted by molar-refractivity contribution is 0.436. The average molecular weight is 421 g/mol. The molecule has 7 heteroatoms. The lowest BCUT2D eigenvalue weighted by Gasteiger charge is -2.32. The van der Waals surface area contributed by atoms with Crippen molar-refractivity contribution in [3.05, 3.63) is 59.8 Å². The first-order chi connectivity index (χ1) is 14.4. The van der Waals surface area contributed by atoms with E-state index in [0.717, 1.165) is 31.5 Å². The Morgan fingerprint density at radius 2 is 1.63 bits per heavy atom. The lowest BCUT2D eigenvalue weighted by atomic mass is 9.99. The third kappa shape index (κ3) is 3.75. The van der Waals surface area contributed by atoms with Gasteiger partial charge in [0, 0.05) is 13.1 Å². The highest BCUT2D eigenvalue weighted by Crippen LogP contribution is 2.35. The van der Waals surface area contributed by atoms with Crippen LogP contribution in [0.25, 0.3) is 11.0 Å². The maximum atomic E-state index is 13.4. The molecule has 3 aromatic rings. The van der Waals surface area contributed by atoms with Gasteiger partial charge in [0.05, 0.1) is 22.0 Å². The molecule has 30 heavy (non-hydrogen) atoms. The Bertz CT molecular complexity index is 1210. The van der Waals surface area contributed by atoms with Crippen molar-refractivity contribution in [2.24, 2.45) is 5.92 Å². The standard InChI is InChI=1S/C23H24N4O2S/c1-16-7-9-18(10-8-16)30(28,29)21(15-24)22-23(27-13-11-17(2)12-14-27)26-20-6-4-3-5-19(20)25-22/h3-10,17,21H,11-14H2,1-2H3. The Morgan fingerprint density at radius 3 is 2.23 bits per heavy atom. The van der Waals surface area contributed by atoms with Crippen LogP contribution < -0.4 is 4.90 Å². The smallest absolute Gasteiger partial charge is 0.200 e. The quantitative estimate of drug-likeness (QED) is 0.628. The van der Waals surface area contributed by atoms with Gasteiger partial charge in [-0.05, 0) is 49.9 Å². The van der Waals surface area contributed by atoms with Crippen LogP contribution in [0.4, 0.5) is 5.82 Å². The Labute approximate surface area is 177 Å². The van der Waals surface area contributed by atoms with Gasteiger partial charge < -0.3 is 4.90 Å². The van der Waals surface area contributed by atoms with E-state index in [1.54, 1.807) is 30.3 Å². The summed E-state index contributed by atoms with van der Waals surface area (Å²) in [5.41, 5.74) is 2.45. The van der Waals surface area contributed by atoms with E-state index in [0.29, 0.717) is 22.8 Å². The van der Waals surface area contributed by atoms with Crippen molar-refractivity contribution in [3.63, 3.8) is 0 Å². The van der Waals surface area contributed by atoms with Crippen LogP contribution in [0.3, 0.4) is 0 Å². The van der Waals surface area contributed by atoms with Crippen LogP contribution in [0.1, 0.15) is 36.3 Å². The van der Waals surface area contributed by atoms with Gasteiger partial charge in [0.2, 0.25) is 9.84 Å². The summed E-state index contributed by atoms with van der Waals surface area (Å²) in [6, 6.07) is 15.9. The maximum absolute atomic E-state index is 13.4. The van der Waals surface area contributed by atoms with E-state index in [1.807, 2.05) is 31.2 Å². The van der Waals surface area contributed by atoms with E-state index in [1.165, 1.54) is 0 Å². The number of hydrogen-bond acceptors (Lipinski definition) is 6. The summed E-state index contributed by atoms with van der Waals surface area (Å²) in [7, 11) is -3.95. The van der Waals surface area contributed by atoms with Crippen molar-refractivity contribution < 1.29 is 8.42 Å². The molecule has 2 aromatic carbocycles. The number of anilines is 1. The van der Waals surface area contributed by atoms with Gasteiger partial charge in [-0.15, -0.1) is 0 Å². The van der Waals surface area contributed by atoms with Crippen molar-refractivity contribution in [1.82, 2.24) is 9.97 Å². The van der Waals surface area contributed by atoms with E-state index in [9.17, 15) is 13.7 Å². The van der Waals surface area contributed by atoms with E-state index < -0.39 is 15.1 Å². The largest absolute Gasteiger partial charge is 0.355 e. The average Bonchev–Trinajstić information content (AvgIpc) is 2.74. The molecular formula is C23H24N4O2S. The Hall–Kier alpha value is -2.98. The normalized spacial score (nSPS) is 16.4. The molecule has 1 unspecified atom stereocenters. The molecule has 0 aliphatic carbocycles. The van der Waals surface area contributed by atoms with Crippen molar-refractivity contribution in [2.45, 2.75) is 36.8 Å². The summed E-state index contributed by atoms with van der Waals surface area (Å²) in [5.74, 6) is 1.11. The van der Waals surface area contributed by atoms with Crippen LogP contribution in [-0.2, 0) is 9.84 Å². The number of rotatable bonds is 4. The van der Waals surface area contributed by atoms with Gasteiger partial charge in [-0.2, -0.15) is 5.26 Å². The molecule has 0 bridgehead atoms. The first-order valence-corrected chi connectivity index (χ1v) is 11.7. The molecule has 0 spiro atoms. The highest BCUT2D eigenvalue weighted by molar-refractivity contribution is 7.92. The van der Waals surface area contributed by atoms with Crippen molar-refractivity contribution in [3.8, 4) is 6.07 Å². The highest BCUT2D eigenvalue weighted by atomic mass is 32.2. The van der Waals surface area contributed by atoms with Crippen LogP contribution in [-0.4, -0.2) is 31.5 Å². The van der Waals surface area contributed by atoms with Gasteiger partial charge in [-0.3, -0.25) is 0 Å². The molecule has 1 aliphatic heterocycles. The SMILES string of the molecule is Cc1ccc(S(=O)(=O)C(C#N)c2nc3ccccc3nc2N2CCC(C)CC2)cc1. The Kier molecular flexibility index (Phi) is 5.44. The highest BCUT2D eigenvalue weighted by Gasteiger charge is 2.35. The number of nitrogens with zero attached hydrogens (tertiary/aromatic N) is 4. The minimum absolute atomic E-state index is 0.118. The van der Waals surface area contributed by atoms with Crippen LogP contribution in [0, 0.1) is 24.2 Å². The third-order valence-electron chi connectivity index (χ3n) is 5.69. The number of fused-ring (bicyclic) bond motifs is 1. The molecule has 0 saturated carbocycles. The summed E-state index contributed by atoms with van der Waals surface area (Å²) in [6.07, 6.45) is 1.99. The van der Waals surface area contributed by atoms with Crippen LogP contribution >= 0.6 is 0 Å². The number of nitriles is 1. The summed E-state index contributed by atoms with van der Waals surface area (Å²) >= 11 is 0. The predicted octanol–water partition coefficient (Wildman–Crippen LogP) is 4.21. The van der Waals surface area contributed by atoms with Gasteiger partial charge in [-0.1, -0.05) is 36.8 Å². The molecule has 0 N–H and O–H groups in total. The van der Waals surface area contributed by atoms with E-state index >= 15 is 0 Å². The number of sulfone groups is 1. The van der Waals surface area contributed by atoms with Crippen LogP contribution in [0.15, 0.2) is 53.4 Å². The Morgan fingerprint density at radius 1 is 1.03 bits per heavy atom. The second-order valence-corrected chi connectivity index (χ2v) is 9.99. The molecule has 154 valence electrons. The molecule has 1 aliphatic rings. The first kappa shape index (κ1) is 20.3. The van der Waals surface area contributed by atoms with E-state index in [4.69, 9.17) is 4.98 Å². The van der Waals surface area contributed by atoms with Gasteiger partial charge >= 0.3 is 0 Å². The monoisotopic (exact) mass is 420 g/mol. The number of piperidine rings is 1. The fraction of sp³-hybridized carbons (Fsp3) is 0.348. The number of benzene rings is 2. The summed E-state index contributed by atoms with van der Waals surface area (Å²) in [4.78, 5) is 11.6. The minimum atomic E-state index is -3.95. The van der Waals surface area contributed by atoms with Gasteiger partial charge in [-0.25, -0.2) is 18.4 Å². The molecule has 1 saturated heterocycles. The Balaban J connectivity index is 1.87. The van der Waals surface area contributed by atoms with Crippen LogP contribution in [0.2, 0.25) is 0 Å². The number of aryl methyl sites for hydroxylation is 1. The molecule has 1 atom stereocenters. The molecule has 6 nitrogen and oxygen atoms in total. The topological polar surface area (TPSA) is 86.9 Å². The second kappa shape index (κ2) is 8.04. The number of hydrogen-bond donors (Lipinski definition) is 0. The van der Waals surface area contributed by atoms with Crippen molar-refractivity contribution in [1.29, 1.82) is 5.26 Å². The zero-order valence-corrected chi connectivity index (χ0v) is 17.9. The minimum Gasteiger partial charge on any atom is -0.355 e. The van der Waals surface area contributed by atoms with Gasteiger partial charge in [0.1, 0.15) is 5.69 Å². The lowest BCUT2D eigenvalue weighted by Crippen LogP contribution is -2.35. The number of aromatic nitrogens is 2. The molecule has 1 aromatic heterocycles. The molecule has 1 fully saturated rings. The van der Waals surface area contributed by atoms with Crippen molar-refractivity contribution in [2.75, 3.05) is 18.0 Å². The second-order valence-electron chi connectivity index (χ2n) is 7.96. The van der Waals surface area contributed by atoms with Gasteiger partial charge in [0.25, 0.3) is 0 Å². The van der Waals surface area contributed by atoms with E-state index in [-0.39, 0.29) is 10.6 Å². The maximum Gasteiger partial charge on any atom is 0.200 e. The predicted molar refractivity (Wildman–Crippen MR) is 117 cm³/mol. The molecule has 4 rings (SSSR count). The summed E-state index contributed by atoms with van der Waals surface area (Å²) in [6.45, 7) is 5.64. The molecule has 0 amide bonds. The van der Waals surface area contributed by atoms with Crippen LogP contribution in [0.5, 0.6) is 0 Å². The summed E-state index contributed by atoms with van der Waals surface area (Å²) in [5, 5.41) is 8.53. The fourth-order valence-corrected chi connectivity index (χ4v) is 5.15. The number of para-hydroxylation sites is 2.